The summed E-state index contributed by atoms with van der Waals surface area (Å²) in [5, 5.41) is 0. The van der Waals surface area contributed by atoms with Crippen LogP contribution in [0.2, 0.25) is 0 Å². The van der Waals surface area contributed by atoms with E-state index in [9.17, 15) is 9.59 Å². The van der Waals surface area contributed by atoms with E-state index in [0.717, 1.165) is 18.7 Å². The normalized spacial score (nSPS) is 10.3. The average molecular weight is 245 g/mol. The Morgan fingerprint density at radius 3 is 2.44 bits per heavy atom. The number of nitrogens with zero attached hydrogens (tertiary/aromatic N) is 1. The van der Waals surface area contributed by atoms with Gasteiger partial charge in [-0.3, -0.25) is 14.8 Å². The second kappa shape index (κ2) is 5.35. The van der Waals surface area contributed by atoms with Gasteiger partial charge in [-0.05, 0) is 18.6 Å². The second-order valence-electron chi connectivity index (χ2n) is 3.96. The van der Waals surface area contributed by atoms with E-state index in [1.54, 1.807) is 0 Å². The van der Waals surface area contributed by atoms with E-state index in [1.165, 1.54) is 6.07 Å². The van der Waals surface area contributed by atoms with Crippen molar-refractivity contribution in [1.29, 1.82) is 0 Å². The van der Waals surface area contributed by atoms with E-state index >= 15 is 0 Å². The zero-order valence-electron chi connectivity index (χ0n) is 10.1. The molecule has 0 bridgehead atoms. The summed E-state index contributed by atoms with van der Waals surface area (Å²) < 4.78 is 0. The molecule has 1 aromatic carbocycles. The summed E-state index contributed by atoms with van der Waals surface area (Å²) >= 11 is 0. The standard InChI is InChI=1S/C13H15N3O2/c1-2-8-16(10-6-4-3-5-7-10)11-9-12(17)15-13(18)14-11/h3-7,9H,2,8H2,1H3,(H2,14,15,17,18). The Hall–Kier alpha value is -2.30. The Balaban J connectivity index is 2.48. The summed E-state index contributed by atoms with van der Waals surface area (Å²) in [4.78, 5) is 29.4. The predicted octanol–water partition coefficient (Wildman–Crippen LogP) is 1.61. The van der Waals surface area contributed by atoms with Gasteiger partial charge < -0.3 is 4.90 Å². The summed E-state index contributed by atoms with van der Waals surface area (Å²) in [5.74, 6) is 0.511. The Morgan fingerprint density at radius 2 is 1.83 bits per heavy atom. The van der Waals surface area contributed by atoms with Crippen molar-refractivity contribution in [3.8, 4) is 0 Å². The van der Waals surface area contributed by atoms with Crippen LogP contribution in [-0.4, -0.2) is 16.5 Å². The van der Waals surface area contributed by atoms with E-state index < -0.39 is 11.2 Å². The van der Waals surface area contributed by atoms with E-state index in [-0.39, 0.29) is 0 Å². The first kappa shape index (κ1) is 12.2. The average Bonchev–Trinajstić information content (AvgIpc) is 2.36. The minimum Gasteiger partial charge on any atom is -0.328 e. The lowest BCUT2D eigenvalue weighted by molar-refractivity contribution is 0.858. The van der Waals surface area contributed by atoms with Gasteiger partial charge in [0.1, 0.15) is 5.82 Å². The largest absolute Gasteiger partial charge is 0.328 e. The molecule has 5 heteroatoms. The van der Waals surface area contributed by atoms with Crippen LogP contribution < -0.4 is 16.1 Å². The van der Waals surface area contributed by atoms with Gasteiger partial charge in [-0.15, -0.1) is 0 Å². The quantitative estimate of drug-likeness (QED) is 0.859. The fourth-order valence-electron chi connectivity index (χ4n) is 1.82. The first-order chi connectivity index (χ1) is 8.70. The molecule has 0 saturated carbocycles. The van der Waals surface area contributed by atoms with Crippen LogP contribution in [0.5, 0.6) is 0 Å². The molecule has 1 heterocycles. The predicted molar refractivity (Wildman–Crippen MR) is 71.4 cm³/mol. The van der Waals surface area contributed by atoms with Gasteiger partial charge in [0.25, 0.3) is 5.56 Å². The molecule has 0 radical (unpaired) electrons. The highest BCUT2D eigenvalue weighted by Gasteiger charge is 2.09. The number of hydrogen-bond acceptors (Lipinski definition) is 3. The van der Waals surface area contributed by atoms with Crippen molar-refractivity contribution < 1.29 is 0 Å². The first-order valence-electron chi connectivity index (χ1n) is 5.87. The van der Waals surface area contributed by atoms with Crippen LogP contribution in [-0.2, 0) is 0 Å². The van der Waals surface area contributed by atoms with Gasteiger partial charge in [-0.25, -0.2) is 4.79 Å². The highest BCUT2D eigenvalue weighted by molar-refractivity contribution is 5.59. The van der Waals surface area contributed by atoms with Crippen molar-refractivity contribution in [3.63, 3.8) is 0 Å². The summed E-state index contributed by atoms with van der Waals surface area (Å²) in [6.07, 6.45) is 0.906. The number of H-pyrrole nitrogens is 2. The van der Waals surface area contributed by atoms with Gasteiger partial charge in [0, 0.05) is 18.3 Å². The number of aromatic amines is 2. The lowest BCUT2D eigenvalue weighted by Crippen LogP contribution is -2.27. The maximum Gasteiger partial charge on any atom is 0.327 e. The molecule has 0 fully saturated rings. The molecule has 0 saturated heterocycles. The maximum absolute atomic E-state index is 11.3. The number of hydrogen-bond donors (Lipinski definition) is 2. The monoisotopic (exact) mass is 245 g/mol. The first-order valence-corrected chi connectivity index (χ1v) is 5.87. The summed E-state index contributed by atoms with van der Waals surface area (Å²) in [5.41, 5.74) is 0.0564. The van der Waals surface area contributed by atoms with E-state index in [4.69, 9.17) is 0 Å². The van der Waals surface area contributed by atoms with Gasteiger partial charge in [0.2, 0.25) is 0 Å². The van der Waals surface area contributed by atoms with Crippen LogP contribution in [0.4, 0.5) is 11.5 Å². The van der Waals surface area contributed by atoms with Crippen molar-refractivity contribution in [2.75, 3.05) is 11.4 Å². The van der Waals surface area contributed by atoms with E-state index in [2.05, 4.69) is 9.97 Å². The van der Waals surface area contributed by atoms with Crippen molar-refractivity contribution in [2.24, 2.45) is 0 Å². The summed E-state index contributed by atoms with van der Waals surface area (Å²) in [6, 6.07) is 11.0. The zero-order valence-corrected chi connectivity index (χ0v) is 10.1. The Kier molecular flexibility index (Phi) is 3.62. The third-order valence-electron chi connectivity index (χ3n) is 2.55. The van der Waals surface area contributed by atoms with Gasteiger partial charge >= 0.3 is 5.69 Å². The lowest BCUT2D eigenvalue weighted by Gasteiger charge is -2.23. The Labute approximate surface area is 104 Å². The minimum atomic E-state index is -0.491. The smallest absolute Gasteiger partial charge is 0.327 e. The number of anilines is 2. The molecular formula is C13H15N3O2. The molecule has 18 heavy (non-hydrogen) atoms. The second-order valence-corrected chi connectivity index (χ2v) is 3.96. The third-order valence-corrected chi connectivity index (χ3v) is 2.55. The molecular weight excluding hydrogens is 230 g/mol. The SMILES string of the molecule is CCCN(c1ccccc1)c1cc(=O)[nH]c(=O)[nH]1. The van der Waals surface area contributed by atoms with Crippen molar-refractivity contribution in [3.05, 3.63) is 57.2 Å². The molecule has 0 unspecified atom stereocenters. The number of nitrogens with one attached hydrogen (secondary N) is 2. The molecule has 0 aliphatic heterocycles. The van der Waals surface area contributed by atoms with Crippen LogP contribution >= 0.6 is 0 Å². The molecule has 0 amide bonds. The number of para-hydroxylation sites is 1. The molecule has 5 nitrogen and oxygen atoms in total. The van der Waals surface area contributed by atoms with Crippen molar-refractivity contribution >= 4 is 11.5 Å². The highest BCUT2D eigenvalue weighted by Crippen LogP contribution is 2.21. The molecule has 1 aromatic heterocycles. The molecule has 0 spiro atoms. The molecule has 0 aliphatic carbocycles. The van der Waals surface area contributed by atoms with Crippen LogP contribution in [0, 0.1) is 0 Å². The highest BCUT2D eigenvalue weighted by atomic mass is 16.2. The number of benzene rings is 1. The van der Waals surface area contributed by atoms with E-state index in [1.807, 2.05) is 42.2 Å². The van der Waals surface area contributed by atoms with Crippen molar-refractivity contribution in [2.45, 2.75) is 13.3 Å². The lowest BCUT2D eigenvalue weighted by atomic mass is 10.2. The number of aromatic nitrogens is 2. The maximum atomic E-state index is 11.3. The van der Waals surface area contributed by atoms with Crippen LogP contribution in [0.3, 0.4) is 0 Å². The van der Waals surface area contributed by atoms with Gasteiger partial charge in [-0.2, -0.15) is 0 Å². The molecule has 2 N–H and O–H groups in total. The van der Waals surface area contributed by atoms with E-state index in [0.29, 0.717) is 5.82 Å². The molecule has 0 aliphatic rings. The van der Waals surface area contributed by atoms with Gasteiger partial charge in [-0.1, -0.05) is 25.1 Å². The molecule has 0 atom stereocenters. The van der Waals surface area contributed by atoms with Crippen LogP contribution in [0.15, 0.2) is 46.0 Å². The third kappa shape index (κ3) is 2.68. The minimum absolute atomic E-state index is 0.397. The fraction of sp³-hybridized carbons (Fsp3) is 0.231. The molecule has 2 aromatic rings. The number of rotatable bonds is 4. The molecule has 2 rings (SSSR count). The Bertz CT molecular complexity index is 588. The van der Waals surface area contributed by atoms with Crippen LogP contribution in [0.1, 0.15) is 13.3 Å². The fourth-order valence-corrected chi connectivity index (χ4v) is 1.82. The Morgan fingerprint density at radius 1 is 1.11 bits per heavy atom. The van der Waals surface area contributed by atoms with Gasteiger partial charge in [0.15, 0.2) is 0 Å². The zero-order chi connectivity index (χ0) is 13.0. The van der Waals surface area contributed by atoms with Crippen molar-refractivity contribution in [1.82, 2.24) is 9.97 Å². The molecule has 94 valence electrons. The topological polar surface area (TPSA) is 69.0 Å². The summed E-state index contributed by atoms with van der Waals surface area (Å²) in [7, 11) is 0. The summed E-state index contributed by atoms with van der Waals surface area (Å²) in [6.45, 7) is 2.77. The van der Waals surface area contributed by atoms with Crippen LogP contribution in [0.25, 0.3) is 0 Å². The van der Waals surface area contributed by atoms with Gasteiger partial charge in [0.05, 0.1) is 0 Å².